The highest BCUT2D eigenvalue weighted by atomic mass is 16.5. The summed E-state index contributed by atoms with van der Waals surface area (Å²) >= 11 is 0. The maximum absolute atomic E-state index is 11.5. The van der Waals surface area contributed by atoms with Crippen molar-refractivity contribution in [3.63, 3.8) is 0 Å². The molecular formula is C12H21N3O2. The Bertz CT molecular complexity index is 312. The first-order chi connectivity index (χ1) is 8.24. The van der Waals surface area contributed by atoms with Gasteiger partial charge in [0.2, 0.25) is 0 Å². The third-order valence-corrected chi connectivity index (χ3v) is 2.53. The maximum atomic E-state index is 11.5. The highest BCUT2D eigenvalue weighted by Crippen LogP contribution is 2.01. The van der Waals surface area contributed by atoms with E-state index in [1.54, 1.807) is 12.5 Å². The summed E-state index contributed by atoms with van der Waals surface area (Å²) in [7, 11) is 0. The van der Waals surface area contributed by atoms with E-state index in [1.165, 1.54) is 12.8 Å². The van der Waals surface area contributed by atoms with Gasteiger partial charge in [0, 0.05) is 12.6 Å². The standard InChI is InChI=1S/C12H21N3O2/c1-2-3-4-5-6-17-12(16)11(13)7-10-8-14-9-15-10/h8-9,11H,2-7,13H2,1H3,(H,14,15)/t11-/m0/s1. The van der Waals surface area contributed by atoms with Crippen LogP contribution in [0.1, 0.15) is 38.3 Å². The first-order valence-corrected chi connectivity index (χ1v) is 6.14. The van der Waals surface area contributed by atoms with Crippen LogP contribution in [-0.2, 0) is 16.0 Å². The average molecular weight is 239 g/mol. The number of esters is 1. The lowest BCUT2D eigenvalue weighted by atomic mass is 10.2. The SMILES string of the molecule is CCCCCCOC(=O)[C@@H](N)Cc1c[nH]cn1. The average Bonchev–Trinajstić information content (AvgIpc) is 2.81. The summed E-state index contributed by atoms with van der Waals surface area (Å²) in [4.78, 5) is 18.4. The summed E-state index contributed by atoms with van der Waals surface area (Å²) in [6, 6.07) is -0.621. The summed E-state index contributed by atoms with van der Waals surface area (Å²) in [5, 5.41) is 0. The fourth-order valence-electron chi connectivity index (χ4n) is 1.52. The smallest absolute Gasteiger partial charge is 0.323 e. The van der Waals surface area contributed by atoms with Crippen LogP contribution in [0.15, 0.2) is 12.5 Å². The molecule has 0 spiro atoms. The number of aromatic amines is 1. The van der Waals surface area contributed by atoms with E-state index in [0.717, 1.165) is 18.5 Å². The van der Waals surface area contributed by atoms with Crippen LogP contribution < -0.4 is 5.73 Å². The van der Waals surface area contributed by atoms with E-state index >= 15 is 0 Å². The molecule has 3 N–H and O–H groups in total. The van der Waals surface area contributed by atoms with Gasteiger partial charge in [-0.1, -0.05) is 26.2 Å². The predicted octanol–water partition coefficient (Wildman–Crippen LogP) is 1.40. The molecule has 0 fully saturated rings. The van der Waals surface area contributed by atoms with Gasteiger partial charge in [-0.2, -0.15) is 0 Å². The topological polar surface area (TPSA) is 81.0 Å². The molecule has 1 heterocycles. The van der Waals surface area contributed by atoms with Crippen LogP contribution in [0.4, 0.5) is 0 Å². The number of nitrogens with zero attached hydrogens (tertiary/aromatic N) is 1. The monoisotopic (exact) mass is 239 g/mol. The number of ether oxygens (including phenoxy) is 1. The first kappa shape index (κ1) is 13.7. The van der Waals surface area contributed by atoms with Crippen molar-refractivity contribution < 1.29 is 9.53 Å². The number of carbonyl (C=O) groups excluding carboxylic acids is 1. The minimum atomic E-state index is -0.621. The lowest BCUT2D eigenvalue weighted by Crippen LogP contribution is -2.34. The summed E-state index contributed by atoms with van der Waals surface area (Å²) < 4.78 is 5.10. The molecule has 0 aromatic carbocycles. The predicted molar refractivity (Wildman–Crippen MR) is 65.4 cm³/mol. The van der Waals surface area contributed by atoms with Crippen LogP contribution in [0, 0.1) is 0 Å². The van der Waals surface area contributed by atoms with E-state index in [9.17, 15) is 4.79 Å². The zero-order valence-electron chi connectivity index (χ0n) is 10.3. The van der Waals surface area contributed by atoms with Crippen molar-refractivity contribution >= 4 is 5.97 Å². The van der Waals surface area contributed by atoms with E-state index in [1.807, 2.05) is 0 Å². The van der Waals surface area contributed by atoms with E-state index in [4.69, 9.17) is 10.5 Å². The molecule has 1 aromatic rings. The van der Waals surface area contributed by atoms with Gasteiger partial charge in [-0.25, -0.2) is 4.98 Å². The second kappa shape index (κ2) is 7.84. The normalized spacial score (nSPS) is 12.4. The van der Waals surface area contributed by atoms with Crippen LogP contribution in [0.3, 0.4) is 0 Å². The molecule has 1 aromatic heterocycles. The van der Waals surface area contributed by atoms with Gasteiger partial charge in [0.25, 0.3) is 0 Å². The fraction of sp³-hybridized carbons (Fsp3) is 0.667. The Labute approximate surface area is 102 Å². The lowest BCUT2D eigenvalue weighted by molar-refractivity contribution is -0.145. The van der Waals surface area contributed by atoms with E-state index < -0.39 is 6.04 Å². The molecular weight excluding hydrogens is 218 g/mol. The van der Waals surface area contributed by atoms with Gasteiger partial charge in [0.05, 0.1) is 18.6 Å². The number of hydrogen-bond acceptors (Lipinski definition) is 4. The van der Waals surface area contributed by atoms with Crippen LogP contribution in [0.5, 0.6) is 0 Å². The largest absolute Gasteiger partial charge is 0.465 e. The third kappa shape index (κ3) is 5.49. The second-order valence-corrected chi connectivity index (χ2v) is 4.10. The number of carbonyl (C=O) groups is 1. The Kier molecular flexibility index (Phi) is 6.32. The molecule has 0 amide bonds. The molecule has 5 heteroatoms. The third-order valence-electron chi connectivity index (χ3n) is 2.53. The summed E-state index contributed by atoms with van der Waals surface area (Å²) in [6.45, 7) is 2.61. The zero-order valence-corrected chi connectivity index (χ0v) is 10.3. The van der Waals surface area contributed by atoms with Crippen molar-refractivity contribution in [3.05, 3.63) is 18.2 Å². The highest BCUT2D eigenvalue weighted by molar-refractivity contribution is 5.75. The van der Waals surface area contributed by atoms with Gasteiger partial charge in [-0.3, -0.25) is 4.79 Å². The zero-order chi connectivity index (χ0) is 12.5. The summed E-state index contributed by atoms with van der Waals surface area (Å²) in [6.07, 6.45) is 8.07. The molecule has 0 bridgehead atoms. The Balaban J connectivity index is 2.14. The second-order valence-electron chi connectivity index (χ2n) is 4.10. The van der Waals surface area contributed by atoms with Gasteiger partial charge < -0.3 is 15.5 Å². The number of nitrogens with one attached hydrogen (secondary N) is 1. The Hall–Kier alpha value is -1.36. The van der Waals surface area contributed by atoms with Crippen LogP contribution >= 0.6 is 0 Å². The molecule has 1 rings (SSSR count). The van der Waals surface area contributed by atoms with Crippen molar-refractivity contribution in [2.45, 2.75) is 45.1 Å². The molecule has 0 saturated heterocycles. The first-order valence-electron chi connectivity index (χ1n) is 6.14. The number of rotatable bonds is 8. The minimum Gasteiger partial charge on any atom is -0.465 e. The Morgan fingerprint density at radius 1 is 1.53 bits per heavy atom. The van der Waals surface area contributed by atoms with Crippen molar-refractivity contribution in [2.75, 3.05) is 6.61 Å². The highest BCUT2D eigenvalue weighted by Gasteiger charge is 2.16. The maximum Gasteiger partial charge on any atom is 0.323 e. The molecule has 17 heavy (non-hydrogen) atoms. The molecule has 0 aliphatic heterocycles. The number of nitrogens with two attached hydrogens (primary N) is 1. The van der Waals surface area contributed by atoms with Crippen LogP contribution in [0.2, 0.25) is 0 Å². The van der Waals surface area contributed by atoms with Gasteiger partial charge in [0.15, 0.2) is 0 Å². The molecule has 1 atom stereocenters. The lowest BCUT2D eigenvalue weighted by Gasteiger charge is -2.10. The van der Waals surface area contributed by atoms with E-state index in [2.05, 4.69) is 16.9 Å². The van der Waals surface area contributed by atoms with Gasteiger partial charge in [0.1, 0.15) is 6.04 Å². The summed E-state index contributed by atoms with van der Waals surface area (Å²) in [5.41, 5.74) is 6.50. The van der Waals surface area contributed by atoms with E-state index in [0.29, 0.717) is 13.0 Å². The van der Waals surface area contributed by atoms with Gasteiger partial charge in [-0.15, -0.1) is 0 Å². The molecule has 5 nitrogen and oxygen atoms in total. The van der Waals surface area contributed by atoms with E-state index in [-0.39, 0.29) is 5.97 Å². The van der Waals surface area contributed by atoms with Crippen LogP contribution in [-0.4, -0.2) is 28.6 Å². The number of H-pyrrole nitrogens is 1. The van der Waals surface area contributed by atoms with Crippen LogP contribution in [0.25, 0.3) is 0 Å². The fourth-order valence-corrected chi connectivity index (χ4v) is 1.52. The molecule has 0 unspecified atom stereocenters. The summed E-state index contributed by atoms with van der Waals surface area (Å²) in [5.74, 6) is -0.343. The van der Waals surface area contributed by atoms with Crippen molar-refractivity contribution in [1.82, 2.24) is 9.97 Å². The molecule has 96 valence electrons. The van der Waals surface area contributed by atoms with Crippen molar-refractivity contribution in [3.8, 4) is 0 Å². The Morgan fingerprint density at radius 3 is 3.00 bits per heavy atom. The van der Waals surface area contributed by atoms with Gasteiger partial charge >= 0.3 is 5.97 Å². The molecule has 0 saturated carbocycles. The molecule has 0 aliphatic rings. The molecule has 0 radical (unpaired) electrons. The molecule has 0 aliphatic carbocycles. The quantitative estimate of drug-likeness (QED) is 0.531. The minimum absolute atomic E-state index is 0.343. The Morgan fingerprint density at radius 2 is 2.35 bits per heavy atom. The number of hydrogen-bond donors (Lipinski definition) is 2. The van der Waals surface area contributed by atoms with Gasteiger partial charge in [-0.05, 0) is 6.42 Å². The van der Waals surface area contributed by atoms with Crippen molar-refractivity contribution in [1.29, 1.82) is 0 Å². The number of aromatic nitrogens is 2. The van der Waals surface area contributed by atoms with Crippen molar-refractivity contribution in [2.24, 2.45) is 5.73 Å². The number of imidazole rings is 1. The number of unbranched alkanes of at least 4 members (excludes halogenated alkanes) is 3.